The highest BCUT2D eigenvalue weighted by atomic mass is 16.5. The van der Waals surface area contributed by atoms with E-state index >= 15 is 0 Å². The zero-order valence-electron chi connectivity index (χ0n) is 18.1. The summed E-state index contributed by atoms with van der Waals surface area (Å²) in [7, 11) is 0. The van der Waals surface area contributed by atoms with E-state index < -0.39 is 23.5 Å². The molecule has 1 aliphatic heterocycles. The minimum Gasteiger partial charge on any atom is -0.487 e. The van der Waals surface area contributed by atoms with Gasteiger partial charge in [-0.15, -0.1) is 0 Å². The number of benzene rings is 1. The summed E-state index contributed by atoms with van der Waals surface area (Å²) < 4.78 is 12.0. The van der Waals surface area contributed by atoms with Crippen LogP contribution in [0.1, 0.15) is 68.6 Å². The molecular weight excluding hydrogens is 398 g/mol. The SMILES string of the molecule is CC[C@@H](NC(=O)Cc1c(C)c2cc3c(cc2oc1=O)OC1(CCCCC1)CC3)C(=O)O. The molecule has 0 radical (unpaired) electrons. The maximum absolute atomic E-state index is 12.6. The first-order chi connectivity index (χ1) is 14.8. The van der Waals surface area contributed by atoms with Gasteiger partial charge in [-0.25, -0.2) is 9.59 Å². The predicted octanol–water partition coefficient (Wildman–Crippen LogP) is 3.65. The second-order valence-electron chi connectivity index (χ2n) is 8.84. The molecule has 2 N–H and O–H groups in total. The lowest BCUT2D eigenvalue weighted by atomic mass is 9.79. The van der Waals surface area contributed by atoms with E-state index in [1.54, 1.807) is 13.8 Å². The minimum absolute atomic E-state index is 0.0910. The van der Waals surface area contributed by atoms with E-state index in [2.05, 4.69) is 5.32 Å². The fraction of sp³-hybridized carbons (Fsp3) is 0.542. The van der Waals surface area contributed by atoms with Gasteiger partial charge in [0.1, 0.15) is 23.0 Å². The average molecular weight is 427 g/mol. The molecule has 7 heteroatoms. The van der Waals surface area contributed by atoms with Gasteiger partial charge in [0.05, 0.1) is 12.0 Å². The van der Waals surface area contributed by atoms with Crippen molar-refractivity contribution >= 4 is 22.8 Å². The molecule has 0 unspecified atom stereocenters. The summed E-state index contributed by atoms with van der Waals surface area (Å²) >= 11 is 0. The molecule has 1 aromatic carbocycles. The third kappa shape index (κ3) is 4.18. The second-order valence-corrected chi connectivity index (χ2v) is 8.84. The van der Waals surface area contributed by atoms with Gasteiger partial charge in [-0.2, -0.15) is 0 Å². The van der Waals surface area contributed by atoms with Gasteiger partial charge in [0.2, 0.25) is 5.91 Å². The number of hydrogen-bond donors (Lipinski definition) is 2. The van der Waals surface area contributed by atoms with E-state index in [0.717, 1.165) is 42.4 Å². The molecule has 1 spiro atoms. The van der Waals surface area contributed by atoms with Crippen molar-refractivity contribution in [1.82, 2.24) is 5.32 Å². The van der Waals surface area contributed by atoms with E-state index in [0.29, 0.717) is 11.1 Å². The summed E-state index contributed by atoms with van der Waals surface area (Å²) in [6.45, 7) is 3.48. The maximum Gasteiger partial charge on any atom is 0.340 e. The smallest absolute Gasteiger partial charge is 0.340 e. The quantitative estimate of drug-likeness (QED) is 0.706. The Morgan fingerprint density at radius 2 is 1.94 bits per heavy atom. The summed E-state index contributed by atoms with van der Waals surface area (Å²) in [5, 5.41) is 12.4. The zero-order chi connectivity index (χ0) is 22.2. The number of ether oxygens (including phenoxy) is 1. The number of carbonyl (C=O) groups excluding carboxylic acids is 1. The van der Waals surface area contributed by atoms with Crippen LogP contribution in [0.25, 0.3) is 11.0 Å². The molecule has 166 valence electrons. The molecule has 0 bridgehead atoms. The van der Waals surface area contributed by atoms with Gasteiger partial charge in [0, 0.05) is 11.5 Å². The van der Waals surface area contributed by atoms with Crippen LogP contribution in [0.4, 0.5) is 0 Å². The van der Waals surface area contributed by atoms with Crippen LogP contribution >= 0.6 is 0 Å². The lowest BCUT2D eigenvalue weighted by molar-refractivity contribution is -0.141. The van der Waals surface area contributed by atoms with Crippen LogP contribution in [-0.4, -0.2) is 28.6 Å². The van der Waals surface area contributed by atoms with E-state index in [-0.39, 0.29) is 24.0 Å². The second kappa shape index (κ2) is 8.36. The van der Waals surface area contributed by atoms with Crippen LogP contribution in [0, 0.1) is 6.92 Å². The van der Waals surface area contributed by atoms with Crippen molar-refractivity contribution < 1.29 is 23.8 Å². The molecule has 31 heavy (non-hydrogen) atoms. The minimum atomic E-state index is -1.10. The molecule has 7 nitrogen and oxygen atoms in total. The van der Waals surface area contributed by atoms with E-state index in [1.165, 1.54) is 19.3 Å². The van der Waals surface area contributed by atoms with Crippen LogP contribution in [0.2, 0.25) is 0 Å². The number of rotatable bonds is 5. The number of carboxylic acid groups (broad SMARTS) is 1. The zero-order valence-corrected chi connectivity index (χ0v) is 18.1. The van der Waals surface area contributed by atoms with Gasteiger partial charge in [-0.05, 0) is 69.1 Å². The van der Waals surface area contributed by atoms with Crippen molar-refractivity contribution in [1.29, 1.82) is 0 Å². The van der Waals surface area contributed by atoms with Crippen molar-refractivity contribution in [2.45, 2.75) is 83.3 Å². The molecule has 4 rings (SSSR count). The van der Waals surface area contributed by atoms with Crippen LogP contribution in [0.15, 0.2) is 21.3 Å². The Hall–Kier alpha value is -2.83. The van der Waals surface area contributed by atoms with Crippen LogP contribution < -0.4 is 15.7 Å². The van der Waals surface area contributed by atoms with Gasteiger partial charge in [-0.3, -0.25) is 4.79 Å². The third-order valence-electron chi connectivity index (χ3n) is 6.79. The Bertz CT molecular complexity index is 1080. The van der Waals surface area contributed by atoms with Gasteiger partial charge in [0.15, 0.2) is 0 Å². The van der Waals surface area contributed by atoms with Crippen molar-refractivity contribution in [3.63, 3.8) is 0 Å². The number of carbonyl (C=O) groups is 2. The highest BCUT2D eigenvalue weighted by Crippen LogP contribution is 2.43. The number of aryl methyl sites for hydroxylation is 2. The Labute approximate surface area is 180 Å². The first-order valence-electron chi connectivity index (χ1n) is 11.1. The Morgan fingerprint density at radius 3 is 2.61 bits per heavy atom. The van der Waals surface area contributed by atoms with E-state index in [9.17, 15) is 14.4 Å². The summed E-state index contributed by atoms with van der Waals surface area (Å²) in [5.74, 6) is -0.814. The number of fused-ring (bicyclic) bond motifs is 2. The topological polar surface area (TPSA) is 106 Å². The number of amides is 1. The molecule has 0 saturated heterocycles. The van der Waals surface area contributed by atoms with E-state index in [1.807, 2.05) is 12.1 Å². The lowest BCUT2D eigenvalue weighted by Gasteiger charge is -2.41. The molecule has 1 aliphatic carbocycles. The van der Waals surface area contributed by atoms with E-state index in [4.69, 9.17) is 14.3 Å². The maximum atomic E-state index is 12.6. The van der Waals surface area contributed by atoms with Gasteiger partial charge in [-0.1, -0.05) is 13.3 Å². The molecule has 1 saturated carbocycles. The fourth-order valence-corrected chi connectivity index (χ4v) is 4.90. The molecule has 1 fully saturated rings. The Balaban J connectivity index is 1.63. The largest absolute Gasteiger partial charge is 0.487 e. The summed E-state index contributed by atoms with van der Waals surface area (Å²) in [6.07, 6.45) is 7.70. The number of aliphatic carboxylic acids is 1. The Kier molecular flexibility index (Phi) is 5.77. The predicted molar refractivity (Wildman–Crippen MR) is 116 cm³/mol. The number of carboxylic acids is 1. The summed E-state index contributed by atoms with van der Waals surface area (Å²) in [6, 6.07) is 2.85. The lowest BCUT2D eigenvalue weighted by Crippen LogP contribution is -2.41. The molecular formula is C24H29NO6. The third-order valence-corrected chi connectivity index (χ3v) is 6.79. The molecule has 2 heterocycles. The first-order valence-corrected chi connectivity index (χ1v) is 11.1. The van der Waals surface area contributed by atoms with Gasteiger partial charge in [0.25, 0.3) is 0 Å². The van der Waals surface area contributed by atoms with Gasteiger partial charge < -0.3 is 19.6 Å². The Morgan fingerprint density at radius 1 is 1.19 bits per heavy atom. The fourth-order valence-electron chi connectivity index (χ4n) is 4.90. The molecule has 1 atom stereocenters. The summed E-state index contributed by atoms with van der Waals surface area (Å²) in [5.41, 5.74) is 1.82. The van der Waals surface area contributed by atoms with Crippen LogP contribution in [0.3, 0.4) is 0 Å². The van der Waals surface area contributed by atoms with Crippen molar-refractivity contribution in [3.05, 3.63) is 39.2 Å². The average Bonchev–Trinajstić information content (AvgIpc) is 2.74. The normalized spacial score (nSPS) is 18.3. The molecule has 1 aromatic heterocycles. The first kappa shape index (κ1) is 21.4. The van der Waals surface area contributed by atoms with Crippen LogP contribution in [-0.2, 0) is 22.4 Å². The number of hydrogen-bond acceptors (Lipinski definition) is 5. The molecule has 1 amide bonds. The highest BCUT2D eigenvalue weighted by Gasteiger charge is 2.37. The van der Waals surface area contributed by atoms with Gasteiger partial charge >= 0.3 is 11.6 Å². The summed E-state index contributed by atoms with van der Waals surface area (Å²) in [4.78, 5) is 36.2. The monoisotopic (exact) mass is 427 g/mol. The molecule has 2 aromatic rings. The van der Waals surface area contributed by atoms with Crippen molar-refractivity contribution in [2.75, 3.05) is 0 Å². The van der Waals surface area contributed by atoms with Crippen molar-refractivity contribution in [3.8, 4) is 5.75 Å². The molecule has 2 aliphatic rings. The van der Waals surface area contributed by atoms with Crippen molar-refractivity contribution in [2.24, 2.45) is 0 Å². The number of nitrogens with one attached hydrogen (secondary N) is 1. The standard InChI is InChI=1S/C24H29NO6/c1-3-18(22(27)28)25-21(26)12-17-14(2)16-11-15-7-10-24(8-5-4-6-9-24)31-19(15)13-20(16)30-23(17)29/h11,13,18H,3-10,12H2,1-2H3,(H,25,26)(H,27,28)/t18-/m1/s1. The van der Waals surface area contributed by atoms with Crippen LogP contribution in [0.5, 0.6) is 5.75 Å². The highest BCUT2D eigenvalue weighted by molar-refractivity contribution is 5.88.